The zero-order valence-electron chi connectivity index (χ0n) is 38.9. The summed E-state index contributed by atoms with van der Waals surface area (Å²) in [6.45, 7) is 2.30. The van der Waals surface area contributed by atoms with Gasteiger partial charge in [-0.3, -0.25) is 4.99 Å². The Morgan fingerprint density at radius 1 is 0.423 bits per heavy atom. The van der Waals surface area contributed by atoms with Crippen molar-refractivity contribution in [1.82, 2.24) is 9.13 Å². The first-order valence-corrected chi connectivity index (χ1v) is 24.7. The van der Waals surface area contributed by atoms with E-state index in [4.69, 9.17) is 14.4 Å². The van der Waals surface area contributed by atoms with E-state index in [0.717, 1.165) is 89.9 Å². The summed E-state index contributed by atoms with van der Waals surface area (Å²) < 4.78 is 11.8. The highest BCUT2D eigenvalue weighted by molar-refractivity contribution is 6.24. The Morgan fingerprint density at radius 3 is 1.90 bits per heavy atom. The molecule has 0 fully saturated rings. The number of fused-ring (bicyclic) bond motifs is 13. The van der Waals surface area contributed by atoms with Crippen molar-refractivity contribution in [2.75, 3.05) is 0 Å². The Hall–Kier alpha value is -9.06. The zero-order chi connectivity index (χ0) is 46.7. The van der Waals surface area contributed by atoms with Crippen molar-refractivity contribution in [3.63, 3.8) is 0 Å². The molecule has 0 radical (unpaired) electrons. The second kappa shape index (κ2) is 15.5. The number of furan rings is 1. The lowest BCUT2D eigenvalue weighted by atomic mass is 9.81. The van der Waals surface area contributed by atoms with E-state index in [0.29, 0.717) is 0 Å². The number of aromatic nitrogens is 2. The van der Waals surface area contributed by atoms with E-state index in [2.05, 4.69) is 241 Å². The molecule has 14 aromatic rings. The van der Waals surface area contributed by atoms with Crippen molar-refractivity contribution >= 4 is 109 Å². The highest BCUT2D eigenvalue weighted by Crippen LogP contribution is 2.48. The molecule has 0 aliphatic carbocycles. The van der Waals surface area contributed by atoms with Gasteiger partial charge >= 0.3 is 0 Å². The number of hydrogen-bond acceptors (Lipinski definition) is 3. The minimum Gasteiger partial charge on any atom is -0.456 e. The summed E-state index contributed by atoms with van der Waals surface area (Å²) >= 11 is 0. The van der Waals surface area contributed by atoms with E-state index < -0.39 is 0 Å². The molecule has 2 unspecified atom stereocenters. The minimum atomic E-state index is -0.363. The summed E-state index contributed by atoms with van der Waals surface area (Å²) in [6.07, 6.45) is 0.797. The molecule has 0 bridgehead atoms. The molecule has 0 amide bonds. The minimum absolute atomic E-state index is 0.112. The number of amidine groups is 1. The number of benzene rings is 11. The van der Waals surface area contributed by atoms with E-state index >= 15 is 0 Å². The SMILES string of the molecule is CCC1C(c2ccc3c4ccccc4n(-c4ccccc4)c3c2)=NC(c2ccc3ccccc3c2)=NC1c1c(-n2c3cc4ccccc4cc3c3c4ccccc4ccc32)ccc2oc3ccccc3c12. The zero-order valence-corrected chi connectivity index (χ0v) is 38.9. The van der Waals surface area contributed by atoms with Crippen LogP contribution in [0.5, 0.6) is 0 Å². The summed E-state index contributed by atoms with van der Waals surface area (Å²) in [5, 5.41) is 14.3. The van der Waals surface area contributed by atoms with E-state index in [1.807, 2.05) is 0 Å². The average molecular weight is 909 g/mol. The predicted octanol–water partition coefficient (Wildman–Crippen LogP) is 17.3. The Kier molecular flexibility index (Phi) is 8.69. The van der Waals surface area contributed by atoms with Crippen LogP contribution in [0.25, 0.3) is 109 Å². The molecule has 71 heavy (non-hydrogen) atoms. The molecule has 15 rings (SSSR count). The molecule has 1 aliphatic heterocycles. The molecule has 5 nitrogen and oxygen atoms in total. The topological polar surface area (TPSA) is 47.7 Å². The van der Waals surface area contributed by atoms with Crippen LogP contribution in [0.15, 0.2) is 239 Å². The highest BCUT2D eigenvalue weighted by Gasteiger charge is 2.37. The molecule has 3 aromatic heterocycles. The van der Waals surface area contributed by atoms with Crippen molar-refractivity contribution in [3.05, 3.63) is 241 Å². The standard InChI is InChI=1S/C66H44N4O/c1-2-48-64(45-30-32-51-50-24-12-14-26-54(50)69(57(51)39-45)47-21-4-3-5-22-47)67-66(46-29-28-40-16-6-7-18-42(40)36-46)68-65(48)63-56(34-35-60-62(63)52-25-13-15-27-59(52)71-60)70-55-33-31-41-17-10-11-23-49(41)61(55)53-37-43-19-8-9-20-44(43)38-58(53)70/h3-39,48,65H,2H2,1H3. The first kappa shape index (κ1) is 39.9. The van der Waals surface area contributed by atoms with Gasteiger partial charge in [-0.2, -0.15) is 0 Å². The number of nitrogens with zero attached hydrogens (tertiary/aromatic N) is 4. The monoisotopic (exact) mass is 908 g/mol. The quantitative estimate of drug-likeness (QED) is 0.164. The summed E-state index contributed by atoms with van der Waals surface area (Å²) in [6, 6.07) is 81.2. The van der Waals surface area contributed by atoms with Gasteiger partial charge in [-0.15, -0.1) is 0 Å². The lowest BCUT2D eigenvalue weighted by Crippen LogP contribution is -2.29. The maximum absolute atomic E-state index is 6.83. The molecule has 5 heteroatoms. The second-order valence-corrected chi connectivity index (χ2v) is 19.1. The van der Waals surface area contributed by atoms with Crippen LogP contribution in [-0.2, 0) is 0 Å². The second-order valence-electron chi connectivity index (χ2n) is 19.1. The molecule has 11 aromatic carbocycles. The molecule has 0 saturated heterocycles. The summed E-state index contributed by atoms with van der Waals surface area (Å²) in [4.78, 5) is 11.7. The van der Waals surface area contributed by atoms with Gasteiger partial charge in [0.05, 0.1) is 39.5 Å². The van der Waals surface area contributed by atoms with Gasteiger partial charge in [0.25, 0.3) is 0 Å². The van der Waals surface area contributed by atoms with Crippen molar-refractivity contribution in [3.8, 4) is 11.4 Å². The smallest absolute Gasteiger partial charge is 0.155 e. The van der Waals surface area contributed by atoms with Gasteiger partial charge in [0.1, 0.15) is 11.2 Å². The first-order chi connectivity index (χ1) is 35.2. The van der Waals surface area contributed by atoms with Gasteiger partial charge < -0.3 is 13.6 Å². The number of hydrogen-bond donors (Lipinski definition) is 0. The van der Waals surface area contributed by atoms with E-state index in [1.54, 1.807) is 0 Å². The van der Waals surface area contributed by atoms with Gasteiger partial charge in [0.15, 0.2) is 5.84 Å². The molecule has 2 atom stereocenters. The molecular weight excluding hydrogens is 865 g/mol. The van der Waals surface area contributed by atoms with E-state index in [-0.39, 0.29) is 12.0 Å². The van der Waals surface area contributed by atoms with Crippen LogP contribution in [0.3, 0.4) is 0 Å². The van der Waals surface area contributed by atoms with Crippen molar-refractivity contribution in [2.45, 2.75) is 19.4 Å². The predicted molar refractivity (Wildman–Crippen MR) is 297 cm³/mol. The maximum Gasteiger partial charge on any atom is 0.155 e. The molecule has 0 saturated carbocycles. The normalized spacial score (nSPS) is 15.3. The first-order valence-electron chi connectivity index (χ1n) is 24.7. The summed E-state index contributed by atoms with van der Waals surface area (Å²) in [5.41, 5.74) is 12.8. The van der Waals surface area contributed by atoms with Crippen LogP contribution < -0.4 is 0 Å². The molecule has 0 spiro atoms. The van der Waals surface area contributed by atoms with Gasteiger partial charge in [0, 0.05) is 55.0 Å². The van der Waals surface area contributed by atoms with Gasteiger partial charge in [0.2, 0.25) is 0 Å². The van der Waals surface area contributed by atoms with Crippen molar-refractivity contribution < 1.29 is 4.42 Å². The Bertz CT molecular complexity index is 4590. The van der Waals surface area contributed by atoms with Crippen LogP contribution in [0, 0.1) is 5.92 Å². The molecular formula is C66H44N4O. The third-order valence-corrected chi connectivity index (χ3v) is 15.3. The van der Waals surface area contributed by atoms with E-state index in [9.17, 15) is 0 Å². The fraction of sp³-hybridized carbons (Fsp3) is 0.0606. The van der Waals surface area contributed by atoms with Gasteiger partial charge in [-0.05, 0) is 111 Å². The van der Waals surface area contributed by atoms with Gasteiger partial charge in [-0.25, -0.2) is 4.99 Å². The summed E-state index contributed by atoms with van der Waals surface area (Å²) in [7, 11) is 0. The van der Waals surface area contributed by atoms with Crippen molar-refractivity contribution in [1.29, 1.82) is 0 Å². The van der Waals surface area contributed by atoms with Gasteiger partial charge in [-0.1, -0.05) is 165 Å². The Labute approximate surface area is 408 Å². The van der Waals surface area contributed by atoms with Crippen molar-refractivity contribution in [2.24, 2.45) is 15.9 Å². The molecule has 1 aliphatic rings. The lowest BCUT2D eigenvalue weighted by Gasteiger charge is -2.32. The highest BCUT2D eigenvalue weighted by atomic mass is 16.3. The Balaban J connectivity index is 1.05. The van der Waals surface area contributed by atoms with Crippen LogP contribution in [-0.4, -0.2) is 20.7 Å². The largest absolute Gasteiger partial charge is 0.456 e. The third kappa shape index (κ3) is 5.99. The number of para-hydroxylation sites is 3. The summed E-state index contributed by atoms with van der Waals surface area (Å²) in [5.74, 6) is 0.609. The Morgan fingerprint density at radius 2 is 1.07 bits per heavy atom. The molecule has 4 heterocycles. The van der Waals surface area contributed by atoms with Crippen LogP contribution in [0.1, 0.15) is 36.1 Å². The number of rotatable bonds is 6. The third-order valence-electron chi connectivity index (χ3n) is 15.3. The maximum atomic E-state index is 6.83. The fourth-order valence-corrected chi connectivity index (χ4v) is 12.1. The number of aliphatic imine (C=N–C) groups is 2. The van der Waals surface area contributed by atoms with Crippen LogP contribution in [0.4, 0.5) is 0 Å². The molecule has 334 valence electrons. The van der Waals surface area contributed by atoms with Crippen LogP contribution >= 0.6 is 0 Å². The molecule has 0 N–H and O–H groups in total. The fourth-order valence-electron chi connectivity index (χ4n) is 12.1. The average Bonchev–Trinajstić information content (AvgIpc) is 4.09. The van der Waals surface area contributed by atoms with Crippen LogP contribution in [0.2, 0.25) is 0 Å². The van der Waals surface area contributed by atoms with E-state index in [1.165, 1.54) is 54.0 Å². The lowest BCUT2D eigenvalue weighted by molar-refractivity contribution is 0.534.